The van der Waals surface area contributed by atoms with E-state index >= 15 is 0 Å². The average Bonchev–Trinajstić information content (AvgIpc) is 2.41. The highest BCUT2D eigenvalue weighted by Crippen LogP contribution is 2.28. The summed E-state index contributed by atoms with van der Waals surface area (Å²) in [5, 5.41) is 0. The van der Waals surface area contributed by atoms with Crippen molar-refractivity contribution in [3.8, 4) is 0 Å². The number of amides is 1. The fraction of sp³-hybridized carbons (Fsp3) is 0.533. The van der Waals surface area contributed by atoms with Crippen LogP contribution < -0.4 is 0 Å². The zero-order valence-corrected chi connectivity index (χ0v) is 12.9. The lowest BCUT2D eigenvalue weighted by atomic mass is 9.86. The highest BCUT2D eigenvalue weighted by atomic mass is 79.9. The molecule has 1 saturated carbocycles. The Morgan fingerprint density at radius 2 is 1.95 bits per heavy atom. The first-order chi connectivity index (χ1) is 8.99. The Labute approximate surface area is 122 Å². The van der Waals surface area contributed by atoms with Crippen LogP contribution in [-0.4, -0.2) is 23.9 Å². The number of hydrogen-bond donors (Lipinski definition) is 0. The van der Waals surface area contributed by atoms with Crippen molar-refractivity contribution < 1.29 is 9.18 Å². The van der Waals surface area contributed by atoms with Crippen molar-refractivity contribution in [1.82, 2.24) is 4.90 Å². The van der Waals surface area contributed by atoms with Crippen LogP contribution in [0.15, 0.2) is 22.7 Å². The highest BCUT2D eigenvalue weighted by molar-refractivity contribution is 9.10. The molecule has 104 valence electrons. The van der Waals surface area contributed by atoms with Crippen LogP contribution in [0.1, 0.15) is 43.0 Å². The standard InChI is InChI=1S/C15H19BrFNO/c1-10-3-6-12(7-4-10)18(2)15(19)13-9-11(17)5-8-14(13)16/h5,8-10,12H,3-4,6-7H2,1-2H3. The quantitative estimate of drug-likeness (QED) is 0.795. The molecule has 1 aliphatic carbocycles. The normalized spacial score (nSPS) is 23.2. The van der Waals surface area contributed by atoms with Gasteiger partial charge in [0.2, 0.25) is 0 Å². The van der Waals surface area contributed by atoms with Gasteiger partial charge in [0, 0.05) is 17.6 Å². The molecule has 0 unspecified atom stereocenters. The summed E-state index contributed by atoms with van der Waals surface area (Å²) in [4.78, 5) is 14.2. The first-order valence-electron chi connectivity index (χ1n) is 6.71. The minimum absolute atomic E-state index is 0.106. The van der Waals surface area contributed by atoms with E-state index in [2.05, 4.69) is 22.9 Å². The number of rotatable bonds is 2. The second kappa shape index (κ2) is 6.04. The SMILES string of the molecule is CC1CCC(N(C)C(=O)c2cc(F)ccc2Br)CC1. The van der Waals surface area contributed by atoms with E-state index in [0.29, 0.717) is 10.0 Å². The van der Waals surface area contributed by atoms with Gasteiger partial charge in [-0.2, -0.15) is 0 Å². The molecule has 2 nitrogen and oxygen atoms in total. The summed E-state index contributed by atoms with van der Waals surface area (Å²) in [6, 6.07) is 4.51. The summed E-state index contributed by atoms with van der Waals surface area (Å²) in [5.74, 6) is 0.267. The van der Waals surface area contributed by atoms with Gasteiger partial charge in [-0.15, -0.1) is 0 Å². The van der Waals surface area contributed by atoms with Crippen LogP contribution in [0.5, 0.6) is 0 Å². The third-order valence-corrected chi connectivity index (χ3v) is 4.70. The van der Waals surface area contributed by atoms with Crippen LogP contribution in [0, 0.1) is 11.7 Å². The second-order valence-corrected chi connectivity index (χ2v) is 6.31. The lowest BCUT2D eigenvalue weighted by Crippen LogP contribution is -2.39. The van der Waals surface area contributed by atoms with Crippen molar-refractivity contribution in [2.75, 3.05) is 7.05 Å². The number of nitrogens with zero attached hydrogens (tertiary/aromatic N) is 1. The van der Waals surface area contributed by atoms with Crippen LogP contribution in [-0.2, 0) is 0 Å². The van der Waals surface area contributed by atoms with E-state index in [9.17, 15) is 9.18 Å². The summed E-state index contributed by atoms with van der Waals surface area (Å²) < 4.78 is 13.9. The van der Waals surface area contributed by atoms with Gasteiger partial charge >= 0.3 is 0 Å². The van der Waals surface area contributed by atoms with E-state index in [4.69, 9.17) is 0 Å². The average molecular weight is 328 g/mol. The molecule has 0 N–H and O–H groups in total. The molecule has 1 aromatic rings. The third-order valence-electron chi connectivity index (χ3n) is 4.01. The Hall–Kier alpha value is -0.900. The lowest BCUT2D eigenvalue weighted by Gasteiger charge is -2.33. The number of halogens is 2. The minimum atomic E-state index is -0.378. The van der Waals surface area contributed by atoms with Crippen molar-refractivity contribution in [2.24, 2.45) is 5.92 Å². The van der Waals surface area contributed by atoms with Gasteiger partial charge in [-0.25, -0.2) is 4.39 Å². The summed E-state index contributed by atoms with van der Waals surface area (Å²) in [7, 11) is 1.82. The molecule has 1 aromatic carbocycles. The topological polar surface area (TPSA) is 20.3 Å². The van der Waals surface area contributed by atoms with Crippen LogP contribution in [0.3, 0.4) is 0 Å². The third kappa shape index (κ3) is 3.35. The van der Waals surface area contributed by atoms with Crippen molar-refractivity contribution in [1.29, 1.82) is 0 Å². The van der Waals surface area contributed by atoms with Crippen molar-refractivity contribution in [3.63, 3.8) is 0 Å². The van der Waals surface area contributed by atoms with Gasteiger partial charge in [-0.3, -0.25) is 4.79 Å². The number of carbonyl (C=O) groups is 1. The van der Waals surface area contributed by atoms with E-state index in [1.54, 1.807) is 11.0 Å². The zero-order valence-electron chi connectivity index (χ0n) is 11.3. The van der Waals surface area contributed by atoms with Crippen LogP contribution in [0.25, 0.3) is 0 Å². The molecule has 1 aliphatic rings. The molecule has 0 radical (unpaired) electrons. The van der Waals surface area contributed by atoms with E-state index in [1.807, 2.05) is 7.05 Å². The fourth-order valence-electron chi connectivity index (χ4n) is 2.65. The molecular weight excluding hydrogens is 309 g/mol. The van der Waals surface area contributed by atoms with Gasteiger partial charge in [0.15, 0.2) is 0 Å². The Morgan fingerprint density at radius 3 is 2.58 bits per heavy atom. The maximum atomic E-state index is 13.3. The van der Waals surface area contributed by atoms with Crippen molar-refractivity contribution in [3.05, 3.63) is 34.1 Å². The molecule has 0 spiro atoms. The van der Waals surface area contributed by atoms with Crippen molar-refractivity contribution in [2.45, 2.75) is 38.6 Å². The largest absolute Gasteiger partial charge is 0.339 e. The maximum absolute atomic E-state index is 13.3. The van der Waals surface area contributed by atoms with Gasteiger partial charge in [-0.05, 0) is 65.7 Å². The van der Waals surface area contributed by atoms with Crippen LogP contribution in [0.4, 0.5) is 4.39 Å². The Bertz CT molecular complexity index is 469. The summed E-state index contributed by atoms with van der Waals surface area (Å²) in [5.41, 5.74) is 0.404. The highest BCUT2D eigenvalue weighted by Gasteiger charge is 2.26. The number of benzene rings is 1. The van der Waals surface area contributed by atoms with E-state index in [0.717, 1.165) is 31.6 Å². The predicted molar refractivity (Wildman–Crippen MR) is 77.6 cm³/mol. The van der Waals surface area contributed by atoms with Crippen molar-refractivity contribution >= 4 is 21.8 Å². The molecule has 0 atom stereocenters. The van der Waals surface area contributed by atoms with E-state index < -0.39 is 0 Å². The van der Waals surface area contributed by atoms with Gasteiger partial charge in [-0.1, -0.05) is 6.92 Å². The first-order valence-corrected chi connectivity index (χ1v) is 7.50. The first kappa shape index (κ1) is 14.5. The molecule has 2 rings (SSSR count). The Balaban J connectivity index is 2.12. The molecule has 1 fully saturated rings. The predicted octanol–water partition coefficient (Wildman–Crippen LogP) is 4.24. The van der Waals surface area contributed by atoms with E-state index in [1.165, 1.54) is 12.1 Å². The molecule has 0 heterocycles. The Morgan fingerprint density at radius 1 is 1.32 bits per heavy atom. The second-order valence-electron chi connectivity index (χ2n) is 5.45. The molecule has 0 saturated heterocycles. The molecule has 0 aromatic heterocycles. The molecule has 1 amide bonds. The Kier molecular flexibility index (Phi) is 4.61. The van der Waals surface area contributed by atoms with Gasteiger partial charge < -0.3 is 4.90 Å². The van der Waals surface area contributed by atoms with E-state index in [-0.39, 0.29) is 17.8 Å². The summed E-state index contributed by atoms with van der Waals surface area (Å²) in [6.45, 7) is 2.25. The van der Waals surface area contributed by atoms with Gasteiger partial charge in [0.25, 0.3) is 5.91 Å². The molecule has 0 bridgehead atoms. The fourth-order valence-corrected chi connectivity index (χ4v) is 3.06. The minimum Gasteiger partial charge on any atom is -0.339 e. The van der Waals surface area contributed by atoms with Crippen LogP contribution >= 0.6 is 15.9 Å². The monoisotopic (exact) mass is 327 g/mol. The zero-order chi connectivity index (χ0) is 14.0. The number of carbonyl (C=O) groups excluding carboxylic acids is 1. The molecule has 0 aliphatic heterocycles. The molecular formula is C15H19BrFNO. The smallest absolute Gasteiger partial charge is 0.255 e. The number of hydrogen-bond acceptors (Lipinski definition) is 1. The molecule has 19 heavy (non-hydrogen) atoms. The van der Waals surface area contributed by atoms with Gasteiger partial charge in [0.05, 0.1) is 5.56 Å². The lowest BCUT2D eigenvalue weighted by molar-refractivity contribution is 0.0678. The maximum Gasteiger partial charge on any atom is 0.255 e. The summed E-state index contributed by atoms with van der Waals surface area (Å²) >= 11 is 3.32. The van der Waals surface area contributed by atoms with Crippen LogP contribution in [0.2, 0.25) is 0 Å². The molecule has 4 heteroatoms. The van der Waals surface area contributed by atoms with Gasteiger partial charge in [0.1, 0.15) is 5.82 Å². The summed E-state index contributed by atoms with van der Waals surface area (Å²) in [6.07, 6.45) is 4.39.